The largest absolute Gasteiger partial charge is 0.399 e. The van der Waals surface area contributed by atoms with Gasteiger partial charge in [-0.2, -0.15) is 0 Å². The van der Waals surface area contributed by atoms with Crippen LogP contribution in [0.4, 0.5) is 11.4 Å². The van der Waals surface area contributed by atoms with E-state index < -0.39 is 0 Å². The van der Waals surface area contributed by atoms with Crippen LogP contribution < -0.4 is 10.6 Å². The summed E-state index contributed by atoms with van der Waals surface area (Å²) in [4.78, 5) is 6.96. The summed E-state index contributed by atoms with van der Waals surface area (Å²) in [6, 6.07) is 6.24. The molecular weight excluding hydrogens is 242 g/mol. The predicted octanol–water partition coefficient (Wildman–Crippen LogP) is 2.99. The van der Waals surface area contributed by atoms with Crippen LogP contribution in [0.2, 0.25) is 0 Å². The molecule has 0 amide bonds. The number of nitrogens with zero attached hydrogens (tertiary/aromatic N) is 2. The number of hydrogen-bond acceptors (Lipinski definition) is 4. The van der Waals surface area contributed by atoms with E-state index in [1.165, 1.54) is 23.4 Å². The summed E-state index contributed by atoms with van der Waals surface area (Å²) < 4.78 is 0. The molecule has 0 radical (unpaired) electrons. The number of nitrogen functional groups attached to an aromatic ring is 1. The standard InChI is InChI=1S/C14H17N3S/c1-10-16-13(9-18-10)8-17-6-2-3-11-7-12(15)4-5-14(11)17/h4-5,7,9H,2-3,6,8,15H2,1H3. The summed E-state index contributed by atoms with van der Waals surface area (Å²) in [6.07, 6.45) is 2.33. The van der Waals surface area contributed by atoms with E-state index in [2.05, 4.69) is 34.3 Å². The lowest BCUT2D eigenvalue weighted by Gasteiger charge is -2.31. The third-order valence-corrected chi connectivity index (χ3v) is 4.16. The van der Waals surface area contributed by atoms with Crippen LogP contribution >= 0.6 is 11.3 Å². The zero-order valence-corrected chi connectivity index (χ0v) is 11.3. The number of aryl methyl sites for hydroxylation is 2. The van der Waals surface area contributed by atoms with Crippen LogP contribution in [0.25, 0.3) is 0 Å². The molecule has 18 heavy (non-hydrogen) atoms. The number of fused-ring (bicyclic) bond motifs is 1. The maximum absolute atomic E-state index is 5.85. The molecule has 0 saturated heterocycles. The Kier molecular flexibility index (Phi) is 2.96. The maximum Gasteiger partial charge on any atom is 0.0898 e. The van der Waals surface area contributed by atoms with E-state index in [1.54, 1.807) is 11.3 Å². The molecule has 3 nitrogen and oxygen atoms in total. The van der Waals surface area contributed by atoms with E-state index >= 15 is 0 Å². The first kappa shape index (κ1) is 11.5. The Morgan fingerprint density at radius 1 is 1.44 bits per heavy atom. The highest BCUT2D eigenvalue weighted by Gasteiger charge is 2.17. The highest BCUT2D eigenvalue weighted by molar-refractivity contribution is 7.09. The number of thiazole rings is 1. The Labute approximate surface area is 111 Å². The molecule has 1 aliphatic heterocycles. The van der Waals surface area contributed by atoms with Crippen LogP contribution in [0.1, 0.15) is 22.7 Å². The van der Waals surface area contributed by atoms with Gasteiger partial charge in [0.25, 0.3) is 0 Å². The molecule has 0 saturated carbocycles. The van der Waals surface area contributed by atoms with E-state index in [9.17, 15) is 0 Å². The van der Waals surface area contributed by atoms with Crippen molar-refractivity contribution in [3.05, 3.63) is 39.8 Å². The molecule has 0 aliphatic carbocycles. The van der Waals surface area contributed by atoms with Gasteiger partial charge in [-0.25, -0.2) is 4.98 Å². The van der Waals surface area contributed by atoms with Crippen LogP contribution in [0.15, 0.2) is 23.6 Å². The minimum atomic E-state index is 0.861. The van der Waals surface area contributed by atoms with Gasteiger partial charge in [-0.3, -0.25) is 0 Å². The Balaban J connectivity index is 1.87. The second-order valence-corrected chi connectivity index (χ2v) is 5.83. The molecule has 0 unspecified atom stereocenters. The van der Waals surface area contributed by atoms with Crippen molar-refractivity contribution in [1.82, 2.24) is 4.98 Å². The lowest BCUT2D eigenvalue weighted by molar-refractivity contribution is 0.685. The molecular formula is C14H17N3S. The fourth-order valence-electron chi connectivity index (χ4n) is 2.54. The fraction of sp³-hybridized carbons (Fsp3) is 0.357. The van der Waals surface area contributed by atoms with Gasteiger partial charge in [0.15, 0.2) is 0 Å². The van der Waals surface area contributed by atoms with E-state index in [1.807, 2.05) is 6.07 Å². The first-order valence-corrected chi connectivity index (χ1v) is 7.15. The number of hydrogen-bond donors (Lipinski definition) is 1. The Morgan fingerprint density at radius 2 is 2.33 bits per heavy atom. The molecule has 2 aromatic rings. The van der Waals surface area contributed by atoms with Gasteiger partial charge in [-0.1, -0.05) is 0 Å². The highest BCUT2D eigenvalue weighted by Crippen LogP contribution is 2.30. The molecule has 2 N–H and O–H groups in total. The van der Waals surface area contributed by atoms with Crippen molar-refractivity contribution < 1.29 is 0 Å². The zero-order valence-electron chi connectivity index (χ0n) is 10.5. The van der Waals surface area contributed by atoms with Gasteiger partial charge >= 0.3 is 0 Å². The summed E-state index contributed by atoms with van der Waals surface area (Å²) in [5.41, 5.74) is 10.6. The molecule has 1 aromatic heterocycles. The lowest BCUT2D eigenvalue weighted by Crippen LogP contribution is -2.29. The summed E-state index contributed by atoms with van der Waals surface area (Å²) in [6.45, 7) is 4.06. The first-order chi connectivity index (χ1) is 8.72. The van der Waals surface area contributed by atoms with Gasteiger partial charge < -0.3 is 10.6 Å². The van der Waals surface area contributed by atoms with Gasteiger partial charge in [0.2, 0.25) is 0 Å². The number of benzene rings is 1. The third-order valence-electron chi connectivity index (χ3n) is 3.34. The second-order valence-electron chi connectivity index (χ2n) is 4.77. The van der Waals surface area contributed by atoms with E-state index in [-0.39, 0.29) is 0 Å². The van der Waals surface area contributed by atoms with Gasteiger partial charge in [-0.15, -0.1) is 11.3 Å². The van der Waals surface area contributed by atoms with Crippen molar-refractivity contribution >= 4 is 22.7 Å². The average Bonchev–Trinajstić information content (AvgIpc) is 2.75. The minimum absolute atomic E-state index is 0.861. The molecule has 4 heteroatoms. The summed E-state index contributed by atoms with van der Waals surface area (Å²) >= 11 is 1.72. The van der Waals surface area contributed by atoms with E-state index in [0.29, 0.717) is 0 Å². The molecule has 0 spiro atoms. The SMILES string of the molecule is Cc1nc(CN2CCCc3cc(N)ccc32)cs1. The van der Waals surface area contributed by atoms with Gasteiger partial charge in [0, 0.05) is 23.3 Å². The molecule has 2 heterocycles. The second kappa shape index (κ2) is 4.61. The van der Waals surface area contributed by atoms with Crippen LogP contribution in [0.5, 0.6) is 0 Å². The molecule has 0 atom stereocenters. The topological polar surface area (TPSA) is 42.2 Å². The van der Waals surface area contributed by atoms with Crippen molar-refractivity contribution in [2.45, 2.75) is 26.3 Å². The molecule has 1 aliphatic rings. The molecule has 3 rings (SSSR count). The molecule has 94 valence electrons. The normalized spacial score (nSPS) is 14.6. The summed E-state index contributed by atoms with van der Waals surface area (Å²) in [5, 5.41) is 3.29. The van der Waals surface area contributed by atoms with Crippen molar-refractivity contribution in [2.75, 3.05) is 17.2 Å². The van der Waals surface area contributed by atoms with Gasteiger partial charge in [-0.05, 0) is 43.5 Å². The van der Waals surface area contributed by atoms with Crippen molar-refractivity contribution in [2.24, 2.45) is 0 Å². The smallest absolute Gasteiger partial charge is 0.0898 e. The third kappa shape index (κ3) is 2.20. The maximum atomic E-state index is 5.85. The molecule has 1 aromatic carbocycles. The average molecular weight is 259 g/mol. The van der Waals surface area contributed by atoms with E-state index in [4.69, 9.17) is 5.73 Å². The monoisotopic (exact) mass is 259 g/mol. The van der Waals surface area contributed by atoms with Crippen LogP contribution in [-0.4, -0.2) is 11.5 Å². The number of anilines is 2. The Hall–Kier alpha value is -1.55. The van der Waals surface area contributed by atoms with Crippen molar-refractivity contribution in [1.29, 1.82) is 0 Å². The zero-order chi connectivity index (χ0) is 12.5. The van der Waals surface area contributed by atoms with Crippen molar-refractivity contribution in [3.8, 4) is 0 Å². The Morgan fingerprint density at radius 3 is 3.11 bits per heavy atom. The predicted molar refractivity (Wildman–Crippen MR) is 77.1 cm³/mol. The minimum Gasteiger partial charge on any atom is -0.399 e. The quantitative estimate of drug-likeness (QED) is 0.843. The van der Waals surface area contributed by atoms with Crippen LogP contribution in [-0.2, 0) is 13.0 Å². The van der Waals surface area contributed by atoms with E-state index in [0.717, 1.165) is 30.2 Å². The first-order valence-electron chi connectivity index (χ1n) is 6.27. The van der Waals surface area contributed by atoms with Crippen molar-refractivity contribution in [3.63, 3.8) is 0 Å². The van der Waals surface area contributed by atoms with Crippen LogP contribution in [0, 0.1) is 6.92 Å². The molecule has 0 fully saturated rings. The van der Waals surface area contributed by atoms with Crippen LogP contribution in [0.3, 0.4) is 0 Å². The van der Waals surface area contributed by atoms with Gasteiger partial charge in [0.1, 0.15) is 0 Å². The van der Waals surface area contributed by atoms with Gasteiger partial charge in [0.05, 0.1) is 17.2 Å². The fourth-order valence-corrected chi connectivity index (χ4v) is 3.14. The lowest BCUT2D eigenvalue weighted by atomic mass is 10.0. The summed E-state index contributed by atoms with van der Waals surface area (Å²) in [5.74, 6) is 0. The number of rotatable bonds is 2. The number of nitrogens with two attached hydrogens (primary N) is 1. The molecule has 0 bridgehead atoms. The highest BCUT2D eigenvalue weighted by atomic mass is 32.1. The Bertz CT molecular complexity index is 562. The number of aromatic nitrogens is 1. The summed E-state index contributed by atoms with van der Waals surface area (Å²) in [7, 11) is 0.